The van der Waals surface area contributed by atoms with Crippen molar-refractivity contribution >= 4 is 11.8 Å². The van der Waals surface area contributed by atoms with Gasteiger partial charge >= 0.3 is 6.09 Å². The number of ether oxygens (including phenoxy) is 7. The third-order valence-corrected chi connectivity index (χ3v) is 14.0. The summed E-state index contributed by atoms with van der Waals surface area (Å²) in [6.07, 6.45) is 8.11. The molecule has 0 saturated heterocycles. The zero-order valence-electron chi connectivity index (χ0n) is 40.4. The van der Waals surface area contributed by atoms with E-state index in [1.54, 1.807) is 11.0 Å². The second-order valence-corrected chi connectivity index (χ2v) is 18.4. The van der Waals surface area contributed by atoms with E-state index < -0.39 is 23.8 Å². The van der Waals surface area contributed by atoms with E-state index >= 15 is 4.79 Å². The summed E-state index contributed by atoms with van der Waals surface area (Å²) >= 11 is 0. The number of aliphatic hydroxyl groups excluding tert-OH is 2. The highest BCUT2D eigenvalue weighted by atomic mass is 16.7. The Bertz CT molecular complexity index is 2620. The maximum Gasteiger partial charge on any atom is 0.410 e. The number of carbonyl (C=O) groups excluding carboxylic acids is 1. The molecule has 6 atom stereocenters. The lowest BCUT2D eigenvalue weighted by Crippen LogP contribution is -2.70. The minimum atomic E-state index is -1.51. The average Bonchev–Trinajstić information content (AvgIpc) is 3.88. The molecule has 9 rings (SSSR count). The number of benzene rings is 5. The lowest BCUT2D eigenvalue weighted by molar-refractivity contribution is -0.256. The average molecular weight is 965 g/mol. The topological polar surface area (TPSA) is 147 Å². The van der Waals surface area contributed by atoms with Crippen LogP contribution in [-0.2, 0) is 32.2 Å². The van der Waals surface area contributed by atoms with Gasteiger partial charge in [-0.05, 0) is 108 Å². The first-order valence-corrected chi connectivity index (χ1v) is 24.8. The van der Waals surface area contributed by atoms with Crippen LogP contribution in [-0.4, -0.2) is 85.7 Å². The molecule has 1 fully saturated rings. The Morgan fingerprint density at radius 3 is 2.28 bits per heavy atom. The fraction of sp³-hybridized carbons (Fsp3) is 0.379. The van der Waals surface area contributed by atoms with Crippen molar-refractivity contribution in [2.24, 2.45) is 22.9 Å². The quantitative estimate of drug-likeness (QED) is 0.0366. The molecule has 5 aromatic rings. The molecule has 0 radical (unpaired) electrons. The number of rotatable bonds is 23. The first-order chi connectivity index (χ1) is 34.9. The van der Waals surface area contributed by atoms with Crippen LogP contribution in [0.2, 0.25) is 0 Å². The number of nitrogens with zero attached hydrogens (tertiary/aromatic N) is 2. The van der Waals surface area contributed by atoms with Crippen LogP contribution in [0.3, 0.4) is 0 Å². The van der Waals surface area contributed by atoms with Crippen LogP contribution < -0.4 is 18.9 Å². The zero-order valence-corrected chi connectivity index (χ0v) is 40.4. The molecule has 71 heavy (non-hydrogen) atoms. The third-order valence-electron chi connectivity index (χ3n) is 14.0. The number of fused-ring (bicyclic) bond motifs is 3. The molecule has 0 spiro atoms. The molecule has 13 nitrogen and oxygen atoms in total. The maximum atomic E-state index is 15.0. The van der Waals surface area contributed by atoms with Gasteiger partial charge in [0.1, 0.15) is 37.0 Å². The summed E-state index contributed by atoms with van der Waals surface area (Å²) in [4.78, 5) is 22.4. The molecule has 2 aliphatic carbocycles. The Balaban J connectivity index is 1.14. The van der Waals surface area contributed by atoms with E-state index in [0.717, 1.165) is 59.1 Å². The normalized spacial score (nSPS) is 22.1. The number of hydrogen-bond acceptors (Lipinski definition) is 12. The van der Waals surface area contributed by atoms with Gasteiger partial charge in [0.05, 0.1) is 31.5 Å². The first-order valence-electron chi connectivity index (χ1n) is 24.8. The SMILES string of the molecule is C=CCOC12Oc3ccc(Oc4ccc(-c5ccccc5)cc4)cc3C3C(CCCCO)C(CCCCO)C=C(C(=NOC)CC1N(Cc1ccc4c(c1)OCO4)C(=O)OCCOCc1ccccc1)C32. The molecule has 2 aliphatic heterocycles. The highest BCUT2D eigenvalue weighted by Crippen LogP contribution is 2.62. The summed E-state index contributed by atoms with van der Waals surface area (Å²) < 4.78 is 44.8. The van der Waals surface area contributed by atoms with Crippen LogP contribution in [0, 0.1) is 17.8 Å². The molecule has 13 heteroatoms. The zero-order chi connectivity index (χ0) is 49.0. The summed E-state index contributed by atoms with van der Waals surface area (Å²) in [7, 11) is 1.53. The molecule has 2 N–H and O–H groups in total. The molecule has 0 aromatic heterocycles. The van der Waals surface area contributed by atoms with Crippen molar-refractivity contribution in [1.82, 2.24) is 4.90 Å². The number of oxime groups is 1. The molecular formula is C58H64N2O11. The number of unbranched alkanes of at least 4 members (excludes halogenated alkanes) is 2. The number of hydrogen-bond donors (Lipinski definition) is 2. The number of allylic oxidation sites excluding steroid dienone is 1. The highest BCUT2D eigenvalue weighted by molar-refractivity contribution is 6.03. The lowest BCUT2D eigenvalue weighted by atomic mass is 9.55. The summed E-state index contributed by atoms with van der Waals surface area (Å²) in [5.74, 6) is 0.905. The van der Waals surface area contributed by atoms with Gasteiger partial charge in [-0.15, -0.1) is 6.58 Å². The Kier molecular flexibility index (Phi) is 16.3. The minimum absolute atomic E-state index is 0.00331. The van der Waals surface area contributed by atoms with Crippen molar-refractivity contribution in [3.8, 4) is 39.9 Å². The molecular weight excluding hydrogens is 901 g/mol. The Hall–Kier alpha value is -6.64. The van der Waals surface area contributed by atoms with Gasteiger partial charge in [0.25, 0.3) is 0 Å². The molecule has 2 heterocycles. The molecule has 4 aliphatic rings. The minimum Gasteiger partial charge on any atom is -0.459 e. The van der Waals surface area contributed by atoms with Gasteiger partial charge in [-0.2, -0.15) is 0 Å². The van der Waals surface area contributed by atoms with Gasteiger partial charge in [-0.1, -0.05) is 109 Å². The number of aliphatic hydroxyl groups is 2. The summed E-state index contributed by atoms with van der Waals surface area (Å²) in [6.45, 7) is 5.09. The van der Waals surface area contributed by atoms with Gasteiger partial charge in [0.15, 0.2) is 11.5 Å². The van der Waals surface area contributed by atoms with Crippen LogP contribution in [0.4, 0.5) is 4.79 Å². The van der Waals surface area contributed by atoms with E-state index in [-0.39, 0.29) is 70.5 Å². The molecule has 372 valence electrons. The fourth-order valence-electron chi connectivity index (χ4n) is 10.9. The second-order valence-electron chi connectivity index (χ2n) is 18.4. The van der Waals surface area contributed by atoms with Gasteiger partial charge in [0, 0.05) is 37.7 Å². The van der Waals surface area contributed by atoms with E-state index in [2.05, 4.69) is 43.0 Å². The number of amides is 1. The summed E-state index contributed by atoms with van der Waals surface area (Å²) in [5, 5.41) is 24.8. The van der Waals surface area contributed by atoms with E-state index in [1.165, 1.54) is 7.11 Å². The predicted molar refractivity (Wildman–Crippen MR) is 269 cm³/mol. The second kappa shape index (κ2) is 23.5. The van der Waals surface area contributed by atoms with Crippen LogP contribution in [0.25, 0.3) is 11.1 Å². The van der Waals surface area contributed by atoms with Crippen LogP contribution in [0.1, 0.15) is 67.6 Å². The van der Waals surface area contributed by atoms with Crippen molar-refractivity contribution in [3.05, 3.63) is 162 Å². The molecule has 1 amide bonds. The maximum absolute atomic E-state index is 15.0. The molecule has 0 bridgehead atoms. The van der Waals surface area contributed by atoms with E-state index in [1.807, 2.05) is 91.0 Å². The van der Waals surface area contributed by atoms with Crippen molar-refractivity contribution in [1.29, 1.82) is 0 Å². The van der Waals surface area contributed by atoms with Crippen LogP contribution in [0.5, 0.6) is 28.7 Å². The van der Waals surface area contributed by atoms with Crippen LogP contribution in [0.15, 0.2) is 151 Å². The Morgan fingerprint density at radius 2 is 1.52 bits per heavy atom. The van der Waals surface area contributed by atoms with Crippen molar-refractivity contribution in [2.75, 3.05) is 46.9 Å². The van der Waals surface area contributed by atoms with E-state index in [9.17, 15) is 10.2 Å². The van der Waals surface area contributed by atoms with Crippen LogP contribution >= 0.6 is 0 Å². The molecule has 1 saturated carbocycles. The van der Waals surface area contributed by atoms with Gasteiger partial charge in [-0.25, -0.2) is 4.79 Å². The molecule has 6 unspecified atom stereocenters. The third kappa shape index (κ3) is 11.1. The fourth-order valence-corrected chi connectivity index (χ4v) is 10.9. The standard InChI is InChI=1S/C58H64N2O11/c1-3-30-69-58-54(60(37-41-20-26-52-53(33-41)68-39-67-52)57(63)66-32-31-65-38-40-14-6-4-7-15-40)36-50(59-64-2)48-34-44(18-10-12-28-61)47(19-11-13-29-62)55(56(48)58)49-35-46(25-27-51(49)71-58)70-45-23-21-43(22-24-45)42-16-8-5-9-17-42/h3-9,14-17,20-27,33-35,44,47,54-56,61-62H,1,10-13,18-19,28-32,36-39H2,2H3. The first kappa shape index (κ1) is 49.3. The van der Waals surface area contributed by atoms with Gasteiger partial charge in [-0.3, -0.25) is 4.90 Å². The lowest BCUT2D eigenvalue weighted by Gasteiger charge is -2.59. The monoisotopic (exact) mass is 964 g/mol. The molecule has 5 aromatic carbocycles. The van der Waals surface area contributed by atoms with E-state index in [4.69, 9.17) is 43.2 Å². The Morgan fingerprint density at radius 1 is 0.803 bits per heavy atom. The van der Waals surface area contributed by atoms with Crippen molar-refractivity contribution in [2.45, 2.75) is 75.8 Å². The van der Waals surface area contributed by atoms with Gasteiger partial charge in [0.2, 0.25) is 12.6 Å². The summed E-state index contributed by atoms with van der Waals surface area (Å²) in [5.41, 5.74) is 6.52. The van der Waals surface area contributed by atoms with Gasteiger partial charge < -0.3 is 48.2 Å². The van der Waals surface area contributed by atoms with E-state index in [0.29, 0.717) is 53.9 Å². The largest absolute Gasteiger partial charge is 0.459 e. The van der Waals surface area contributed by atoms with Crippen molar-refractivity contribution < 1.29 is 53.0 Å². The highest BCUT2D eigenvalue weighted by Gasteiger charge is 2.65. The van der Waals surface area contributed by atoms with Crippen molar-refractivity contribution in [3.63, 3.8) is 0 Å². The predicted octanol–water partition coefficient (Wildman–Crippen LogP) is 11.0. The number of carbonyl (C=O) groups is 1. The Labute approximate surface area is 416 Å². The summed E-state index contributed by atoms with van der Waals surface area (Å²) in [6, 6.07) is 38.9. The smallest absolute Gasteiger partial charge is 0.410 e.